The van der Waals surface area contributed by atoms with Gasteiger partial charge in [0.15, 0.2) is 0 Å². The second-order valence-electron chi connectivity index (χ2n) is 4.51. The fraction of sp³-hybridized carbons (Fsp3) is 0.188. The van der Waals surface area contributed by atoms with E-state index >= 15 is 0 Å². The highest BCUT2D eigenvalue weighted by atomic mass is 79.9. The maximum Gasteiger partial charge on any atom is 0.337 e. The number of nitrogens with one attached hydrogen (secondary N) is 1. The predicted molar refractivity (Wildman–Crippen MR) is 84.4 cm³/mol. The van der Waals surface area contributed by atoms with Crippen LogP contribution in [0.25, 0.3) is 0 Å². The lowest BCUT2D eigenvalue weighted by molar-refractivity contribution is 0.0698. The van der Waals surface area contributed by atoms with Gasteiger partial charge in [-0.05, 0) is 36.6 Å². The van der Waals surface area contributed by atoms with Gasteiger partial charge in [-0.15, -0.1) is 0 Å². The molecule has 0 spiro atoms. The van der Waals surface area contributed by atoms with Crippen molar-refractivity contribution in [2.24, 2.45) is 0 Å². The Hall–Kier alpha value is -1.81. The summed E-state index contributed by atoms with van der Waals surface area (Å²) in [5, 5.41) is 12.3. The van der Waals surface area contributed by atoms with E-state index in [0.717, 1.165) is 23.9 Å². The van der Waals surface area contributed by atoms with Crippen molar-refractivity contribution in [1.82, 2.24) is 0 Å². The van der Waals surface area contributed by atoms with Crippen LogP contribution in [0.5, 0.6) is 0 Å². The van der Waals surface area contributed by atoms with Crippen LogP contribution in [-0.4, -0.2) is 17.6 Å². The first-order valence-corrected chi connectivity index (χ1v) is 7.27. The summed E-state index contributed by atoms with van der Waals surface area (Å²) in [6.07, 6.45) is 1.93. The molecule has 0 aromatic heterocycles. The fourth-order valence-electron chi connectivity index (χ4n) is 2.01. The van der Waals surface area contributed by atoms with Gasteiger partial charge in [0.1, 0.15) is 0 Å². The van der Waals surface area contributed by atoms with E-state index in [-0.39, 0.29) is 0 Å². The van der Waals surface area contributed by atoms with Gasteiger partial charge in [0.05, 0.1) is 5.56 Å². The highest BCUT2D eigenvalue weighted by Crippen LogP contribution is 2.21. The summed E-state index contributed by atoms with van der Waals surface area (Å²) in [6, 6.07) is 15.4. The molecule has 0 unspecified atom stereocenters. The predicted octanol–water partition coefficient (Wildman–Crippen LogP) is 4.19. The topological polar surface area (TPSA) is 49.3 Å². The molecule has 20 heavy (non-hydrogen) atoms. The summed E-state index contributed by atoms with van der Waals surface area (Å²) in [4.78, 5) is 11.1. The van der Waals surface area contributed by atoms with Gasteiger partial charge >= 0.3 is 5.97 Å². The zero-order valence-electron chi connectivity index (χ0n) is 11.0. The second-order valence-corrected chi connectivity index (χ2v) is 5.43. The molecule has 0 aliphatic heterocycles. The monoisotopic (exact) mass is 333 g/mol. The molecule has 3 nitrogen and oxygen atoms in total. The number of carbonyl (C=O) groups is 1. The van der Waals surface area contributed by atoms with Crippen LogP contribution >= 0.6 is 15.9 Å². The van der Waals surface area contributed by atoms with Gasteiger partial charge < -0.3 is 10.4 Å². The van der Waals surface area contributed by atoms with Crippen LogP contribution in [0, 0.1) is 0 Å². The molecule has 0 atom stereocenters. The summed E-state index contributed by atoms with van der Waals surface area (Å²) in [5.41, 5.74) is 2.25. The Morgan fingerprint density at radius 3 is 2.60 bits per heavy atom. The van der Waals surface area contributed by atoms with Gasteiger partial charge in [0.25, 0.3) is 0 Å². The van der Waals surface area contributed by atoms with E-state index in [4.69, 9.17) is 5.11 Å². The van der Waals surface area contributed by atoms with E-state index in [1.165, 1.54) is 5.56 Å². The summed E-state index contributed by atoms with van der Waals surface area (Å²) in [6.45, 7) is 0.742. The molecule has 0 radical (unpaired) electrons. The highest BCUT2D eigenvalue weighted by Gasteiger charge is 2.09. The average molecular weight is 334 g/mol. The number of aryl methyl sites for hydroxylation is 1. The van der Waals surface area contributed by atoms with E-state index in [9.17, 15) is 4.79 Å². The maximum atomic E-state index is 11.1. The van der Waals surface area contributed by atoms with Crippen LogP contribution in [0.3, 0.4) is 0 Å². The smallest absolute Gasteiger partial charge is 0.337 e. The summed E-state index contributed by atoms with van der Waals surface area (Å²) < 4.78 is 0.869. The number of benzene rings is 2. The van der Waals surface area contributed by atoms with E-state index in [1.54, 1.807) is 18.2 Å². The van der Waals surface area contributed by atoms with Gasteiger partial charge in [0, 0.05) is 16.7 Å². The summed E-state index contributed by atoms with van der Waals surface area (Å²) >= 11 is 3.36. The van der Waals surface area contributed by atoms with E-state index in [2.05, 4.69) is 33.4 Å². The molecular weight excluding hydrogens is 318 g/mol. The molecule has 0 saturated carbocycles. The molecular formula is C16H16BrNO2. The van der Waals surface area contributed by atoms with Crippen molar-refractivity contribution in [2.75, 3.05) is 11.9 Å². The number of anilines is 1. The average Bonchev–Trinajstić information content (AvgIpc) is 2.44. The molecule has 104 valence electrons. The summed E-state index contributed by atoms with van der Waals surface area (Å²) in [5.74, 6) is -0.914. The normalized spacial score (nSPS) is 10.2. The molecule has 0 fully saturated rings. The lowest BCUT2D eigenvalue weighted by Crippen LogP contribution is -2.08. The third-order valence-corrected chi connectivity index (χ3v) is 3.51. The van der Waals surface area contributed by atoms with Gasteiger partial charge in [0.2, 0.25) is 0 Å². The number of hydrogen-bond acceptors (Lipinski definition) is 2. The Bertz CT molecular complexity index is 584. The number of rotatable bonds is 6. The Morgan fingerprint density at radius 2 is 1.90 bits per heavy atom. The first-order valence-electron chi connectivity index (χ1n) is 6.47. The molecule has 0 aliphatic rings. The van der Waals surface area contributed by atoms with Crippen LogP contribution in [0.4, 0.5) is 5.69 Å². The minimum Gasteiger partial charge on any atom is -0.478 e. The molecule has 2 aromatic rings. The number of hydrogen-bond donors (Lipinski definition) is 2. The van der Waals surface area contributed by atoms with Crippen LogP contribution < -0.4 is 5.32 Å². The Labute approximate surface area is 126 Å². The molecule has 0 bridgehead atoms. The third kappa shape index (κ3) is 4.10. The van der Waals surface area contributed by atoms with Crippen molar-refractivity contribution >= 4 is 27.6 Å². The Morgan fingerprint density at radius 1 is 1.15 bits per heavy atom. The second kappa shape index (κ2) is 7.10. The van der Waals surface area contributed by atoms with Gasteiger partial charge in [-0.25, -0.2) is 4.79 Å². The molecule has 2 aromatic carbocycles. The lowest BCUT2D eigenvalue weighted by atomic mass is 10.1. The van der Waals surface area contributed by atoms with Crippen molar-refractivity contribution < 1.29 is 9.90 Å². The van der Waals surface area contributed by atoms with Crippen molar-refractivity contribution in [3.8, 4) is 0 Å². The minimum atomic E-state index is -0.914. The van der Waals surface area contributed by atoms with Gasteiger partial charge in [-0.2, -0.15) is 0 Å². The maximum absolute atomic E-state index is 11.1. The standard InChI is InChI=1S/C16H16BrNO2/c17-13-8-9-14(16(19)20)15(11-13)18-10-4-7-12-5-2-1-3-6-12/h1-3,5-6,8-9,11,18H,4,7,10H2,(H,19,20). The van der Waals surface area contributed by atoms with Crippen molar-refractivity contribution in [3.63, 3.8) is 0 Å². The molecule has 0 aliphatic carbocycles. The van der Waals surface area contributed by atoms with Crippen LogP contribution in [-0.2, 0) is 6.42 Å². The quantitative estimate of drug-likeness (QED) is 0.779. The zero-order valence-corrected chi connectivity index (χ0v) is 12.6. The van der Waals surface area contributed by atoms with Gasteiger partial charge in [-0.3, -0.25) is 0 Å². The largest absolute Gasteiger partial charge is 0.478 e. The molecule has 2 N–H and O–H groups in total. The number of carboxylic acid groups (broad SMARTS) is 1. The van der Waals surface area contributed by atoms with E-state index < -0.39 is 5.97 Å². The molecule has 0 amide bonds. The molecule has 2 rings (SSSR count). The third-order valence-electron chi connectivity index (χ3n) is 3.01. The zero-order chi connectivity index (χ0) is 14.4. The number of halogens is 1. The fourth-order valence-corrected chi connectivity index (χ4v) is 2.37. The van der Waals surface area contributed by atoms with Crippen molar-refractivity contribution in [2.45, 2.75) is 12.8 Å². The number of carboxylic acids is 1. The molecule has 0 saturated heterocycles. The first kappa shape index (κ1) is 14.6. The lowest BCUT2D eigenvalue weighted by Gasteiger charge is -2.10. The number of aromatic carboxylic acids is 1. The molecule has 4 heteroatoms. The van der Waals surface area contributed by atoms with Crippen molar-refractivity contribution in [1.29, 1.82) is 0 Å². The van der Waals surface area contributed by atoms with Crippen molar-refractivity contribution in [3.05, 3.63) is 64.1 Å². The first-order chi connectivity index (χ1) is 9.66. The Balaban J connectivity index is 1.91. The van der Waals surface area contributed by atoms with Gasteiger partial charge in [-0.1, -0.05) is 46.3 Å². The van der Waals surface area contributed by atoms with Crippen LogP contribution in [0.15, 0.2) is 53.0 Å². The Kier molecular flexibility index (Phi) is 5.18. The van der Waals surface area contributed by atoms with E-state index in [0.29, 0.717) is 11.3 Å². The SMILES string of the molecule is O=C(O)c1ccc(Br)cc1NCCCc1ccccc1. The summed E-state index contributed by atoms with van der Waals surface area (Å²) in [7, 11) is 0. The van der Waals surface area contributed by atoms with Crippen LogP contribution in [0.2, 0.25) is 0 Å². The minimum absolute atomic E-state index is 0.299. The molecule has 0 heterocycles. The van der Waals surface area contributed by atoms with E-state index in [1.807, 2.05) is 18.2 Å². The highest BCUT2D eigenvalue weighted by molar-refractivity contribution is 9.10. The van der Waals surface area contributed by atoms with Crippen LogP contribution in [0.1, 0.15) is 22.3 Å².